The monoisotopic (exact) mass is 405 g/mol. The summed E-state index contributed by atoms with van der Waals surface area (Å²) in [5, 5.41) is 35.3. The van der Waals surface area contributed by atoms with E-state index in [0.717, 1.165) is 25.7 Å². The molecular formula is C19H23N3O5S. The molecule has 3 rings (SSSR count). The van der Waals surface area contributed by atoms with Gasteiger partial charge < -0.3 is 20.1 Å². The molecule has 28 heavy (non-hydrogen) atoms. The molecule has 0 radical (unpaired) electrons. The molecule has 2 aromatic rings. The third-order valence-corrected chi connectivity index (χ3v) is 5.53. The van der Waals surface area contributed by atoms with Crippen LogP contribution in [0.4, 0.5) is 0 Å². The Morgan fingerprint density at radius 2 is 2.00 bits per heavy atom. The lowest BCUT2D eigenvalue weighted by Gasteiger charge is -2.16. The number of esters is 1. The van der Waals surface area contributed by atoms with Crippen LogP contribution in [-0.4, -0.2) is 45.3 Å². The van der Waals surface area contributed by atoms with Crippen LogP contribution in [0.2, 0.25) is 0 Å². The minimum atomic E-state index is -0.610. The fourth-order valence-corrected chi connectivity index (χ4v) is 3.96. The van der Waals surface area contributed by atoms with E-state index in [-0.39, 0.29) is 18.0 Å². The number of aromatic hydroxyl groups is 3. The SMILES string of the molecule is COC(=O)Cc1cs/c(=N\C2CCCCC2)n1/N=C/c1ccc(O)c(O)c1O. The van der Waals surface area contributed by atoms with Crippen molar-refractivity contribution in [1.29, 1.82) is 0 Å². The summed E-state index contributed by atoms with van der Waals surface area (Å²) in [4.78, 5) is 17.2. The van der Waals surface area contributed by atoms with E-state index in [1.54, 1.807) is 4.68 Å². The Bertz CT molecular complexity index is 942. The number of thiazole rings is 1. The first-order valence-electron chi connectivity index (χ1n) is 9.08. The molecular weight excluding hydrogens is 382 g/mol. The van der Waals surface area contributed by atoms with Crippen molar-refractivity contribution in [2.24, 2.45) is 10.1 Å². The van der Waals surface area contributed by atoms with Gasteiger partial charge in [-0.1, -0.05) is 19.3 Å². The Kier molecular flexibility index (Phi) is 6.35. The number of benzene rings is 1. The molecule has 1 heterocycles. The van der Waals surface area contributed by atoms with Crippen LogP contribution in [0.3, 0.4) is 0 Å². The highest BCUT2D eigenvalue weighted by atomic mass is 32.1. The van der Waals surface area contributed by atoms with Gasteiger partial charge in [-0.25, -0.2) is 4.68 Å². The summed E-state index contributed by atoms with van der Waals surface area (Å²) in [6, 6.07) is 2.92. The maximum Gasteiger partial charge on any atom is 0.311 e. The highest BCUT2D eigenvalue weighted by molar-refractivity contribution is 7.07. The number of hydrogen-bond donors (Lipinski definition) is 3. The third kappa shape index (κ3) is 4.53. The number of phenols is 3. The average Bonchev–Trinajstić information content (AvgIpc) is 3.07. The van der Waals surface area contributed by atoms with E-state index in [2.05, 4.69) is 5.10 Å². The fraction of sp³-hybridized carbons (Fsp3) is 0.421. The first-order chi connectivity index (χ1) is 13.5. The second-order valence-corrected chi connectivity index (χ2v) is 7.45. The first-order valence-corrected chi connectivity index (χ1v) is 9.96. The molecule has 1 aromatic carbocycles. The van der Waals surface area contributed by atoms with E-state index in [0.29, 0.717) is 10.5 Å². The highest BCUT2D eigenvalue weighted by Crippen LogP contribution is 2.36. The van der Waals surface area contributed by atoms with E-state index < -0.39 is 23.2 Å². The molecule has 0 atom stereocenters. The number of hydrogen-bond acceptors (Lipinski definition) is 8. The summed E-state index contributed by atoms with van der Waals surface area (Å²) in [7, 11) is 1.33. The molecule has 8 nitrogen and oxygen atoms in total. The summed E-state index contributed by atoms with van der Waals surface area (Å²) in [5.74, 6) is -1.89. The molecule has 0 spiro atoms. The molecule has 0 bridgehead atoms. The summed E-state index contributed by atoms with van der Waals surface area (Å²) in [5.41, 5.74) is 0.840. The minimum Gasteiger partial charge on any atom is -0.504 e. The smallest absolute Gasteiger partial charge is 0.311 e. The number of carbonyl (C=O) groups is 1. The number of ether oxygens (including phenoxy) is 1. The van der Waals surface area contributed by atoms with Crippen LogP contribution in [0.5, 0.6) is 17.2 Å². The van der Waals surface area contributed by atoms with E-state index in [9.17, 15) is 20.1 Å². The topological polar surface area (TPSA) is 117 Å². The number of phenolic OH excluding ortho intramolecular Hbond substituents is 3. The molecule has 0 aliphatic heterocycles. The van der Waals surface area contributed by atoms with E-state index in [4.69, 9.17) is 9.73 Å². The van der Waals surface area contributed by atoms with E-state index in [1.807, 2.05) is 5.38 Å². The maximum absolute atomic E-state index is 11.7. The van der Waals surface area contributed by atoms with Gasteiger partial charge in [0.2, 0.25) is 10.6 Å². The van der Waals surface area contributed by atoms with E-state index >= 15 is 0 Å². The third-order valence-electron chi connectivity index (χ3n) is 4.65. The van der Waals surface area contributed by atoms with Crippen LogP contribution in [0, 0.1) is 0 Å². The van der Waals surface area contributed by atoms with Gasteiger partial charge in [0.05, 0.1) is 31.5 Å². The van der Waals surface area contributed by atoms with Gasteiger partial charge in [0.25, 0.3) is 0 Å². The van der Waals surface area contributed by atoms with Crippen molar-refractivity contribution in [3.8, 4) is 17.2 Å². The summed E-state index contributed by atoms with van der Waals surface area (Å²) in [6.45, 7) is 0. The van der Waals surface area contributed by atoms with Crippen LogP contribution in [0.1, 0.15) is 43.4 Å². The number of methoxy groups -OCH3 is 1. The minimum absolute atomic E-state index is 0.0390. The molecule has 1 aliphatic carbocycles. The van der Waals surface area contributed by atoms with Gasteiger partial charge in [-0.15, -0.1) is 11.3 Å². The first kappa shape index (κ1) is 19.9. The molecule has 9 heteroatoms. The molecule has 0 amide bonds. The zero-order valence-corrected chi connectivity index (χ0v) is 16.4. The van der Waals surface area contributed by atoms with Gasteiger partial charge in [0.15, 0.2) is 11.5 Å². The second kappa shape index (κ2) is 8.92. The van der Waals surface area contributed by atoms with Crippen molar-refractivity contribution < 1.29 is 24.9 Å². The number of rotatable bonds is 5. The normalized spacial score (nSPS) is 16.0. The Morgan fingerprint density at radius 3 is 2.71 bits per heavy atom. The zero-order chi connectivity index (χ0) is 20.1. The molecule has 1 fully saturated rings. The van der Waals surface area contributed by atoms with E-state index in [1.165, 1.54) is 43.2 Å². The molecule has 150 valence electrons. The zero-order valence-electron chi connectivity index (χ0n) is 15.5. The van der Waals surface area contributed by atoms with Crippen molar-refractivity contribution in [3.63, 3.8) is 0 Å². The second-order valence-electron chi connectivity index (χ2n) is 6.61. The van der Waals surface area contributed by atoms with Gasteiger partial charge in [0, 0.05) is 10.9 Å². The number of nitrogens with zero attached hydrogens (tertiary/aromatic N) is 3. The number of carbonyl (C=O) groups excluding carboxylic acids is 1. The van der Waals surface area contributed by atoms with Crippen LogP contribution in [0.25, 0.3) is 0 Å². The summed E-state index contributed by atoms with van der Waals surface area (Å²) >= 11 is 1.39. The van der Waals surface area contributed by atoms with Crippen LogP contribution in [0.15, 0.2) is 27.6 Å². The van der Waals surface area contributed by atoms with Crippen LogP contribution in [-0.2, 0) is 16.0 Å². The number of aromatic nitrogens is 1. The quantitative estimate of drug-likeness (QED) is 0.401. The van der Waals surface area contributed by atoms with Crippen molar-refractivity contribution in [1.82, 2.24) is 4.68 Å². The standard InChI is InChI=1S/C19H23N3O5S/c1-27-16(24)9-14-11-28-19(21-13-5-3-2-4-6-13)22(14)20-10-12-7-8-15(23)18(26)17(12)25/h7-8,10-11,13,23,25-26H,2-6,9H2,1H3/b20-10+,21-19-. The lowest BCUT2D eigenvalue weighted by Crippen LogP contribution is -2.20. The Morgan fingerprint density at radius 1 is 1.25 bits per heavy atom. The highest BCUT2D eigenvalue weighted by Gasteiger charge is 2.15. The summed E-state index contributed by atoms with van der Waals surface area (Å²) < 4.78 is 6.30. The predicted octanol–water partition coefficient (Wildman–Crippen LogP) is 2.50. The molecule has 3 N–H and O–H groups in total. The maximum atomic E-state index is 11.7. The average molecular weight is 405 g/mol. The Hall–Kier alpha value is -2.81. The Balaban J connectivity index is 1.98. The van der Waals surface area contributed by atoms with Crippen LogP contribution < -0.4 is 4.80 Å². The molecule has 0 unspecified atom stereocenters. The molecule has 0 saturated heterocycles. The van der Waals surface area contributed by atoms with Gasteiger partial charge in [0.1, 0.15) is 0 Å². The van der Waals surface area contributed by atoms with Crippen molar-refractivity contribution in [3.05, 3.63) is 33.6 Å². The van der Waals surface area contributed by atoms with Crippen molar-refractivity contribution in [2.75, 3.05) is 7.11 Å². The van der Waals surface area contributed by atoms with Gasteiger partial charge in [-0.3, -0.25) is 9.79 Å². The van der Waals surface area contributed by atoms with Gasteiger partial charge in [-0.05, 0) is 25.0 Å². The lowest BCUT2D eigenvalue weighted by atomic mass is 9.96. The van der Waals surface area contributed by atoms with Crippen molar-refractivity contribution >= 4 is 23.5 Å². The summed E-state index contributed by atoms with van der Waals surface area (Å²) in [6.07, 6.45) is 6.98. The Labute approximate surface area is 166 Å². The molecule has 1 aliphatic rings. The fourth-order valence-electron chi connectivity index (χ4n) is 3.06. The lowest BCUT2D eigenvalue weighted by molar-refractivity contribution is -0.139. The van der Waals surface area contributed by atoms with Crippen LogP contribution >= 0.6 is 11.3 Å². The van der Waals surface area contributed by atoms with Crippen molar-refractivity contribution in [2.45, 2.75) is 44.6 Å². The van der Waals surface area contributed by atoms with Gasteiger partial charge in [-0.2, -0.15) is 5.10 Å². The van der Waals surface area contributed by atoms with Gasteiger partial charge >= 0.3 is 5.97 Å². The molecule has 1 saturated carbocycles. The largest absolute Gasteiger partial charge is 0.504 e. The predicted molar refractivity (Wildman–Crippen MR) is 105 cm³/mol. The molecule has 1 aromatic heterocycles.